The number of aryl methyl sites for hydroxylation is 1. The molecule has 178 valence electrons. The second-order valence-corrected chi connectivity index (χ2v) is 8.46. The number of alkyl halides is 3. The van der Waals surface area contributed by atoms with Gasteiger partial charge in [-0.25, -0.2) is 0 Å². The fraction of sp³-hybridized carbons (Fsp3) is 0.308. The molecule has 0 spiro atoms. The molecule has 0 bridgehead atoms. The summed E-state index contributed by atoms with van der Waals surface area (Å²) >= 11 is 0. The minimum atomic E-state index is -4.77. The summed E-state index contributed by atoms with van der Waals surface area (Å²) in [5.74, 6) is -0.459. The van der Waals surface area contributed by atoms with E-state index in [0.29, 0.717) is 42.4 Å². The van der Waals surface area contributed by atoms with Gasteiger partial charge in [-0.2, -0.15) is 0 Å². The number of allylic oxidation sites excluding steroid dienone is 2. The van der Waals surface area contributed by atoms with Crippen LogP contribution >= 0.6 is 0 Å². The third-order valence-corrected chi connectivity index (χ3v) is 6.07. The van der Waals surface area contributed by atoms with Gasteiger partial charge in [0.2, 0.25) is 0 Å². The maximum Gasteiger partial charge on any atom is 0.573 e. The van der Waals surface area contributed by atoms with E-state index >= 15 is 0 Å². The molecule has 5 nitrogen and oxygen atoms in total. The average molecular weight is 470 g/mol. The van der Waals surface area contributed by atoms with E-state index in [0.717, 1.165) is 16.8 Å². The summed E-state index contributed by atoms with van der Waals surface area (Å²) < 4.78 is 42.0. The number of ketones is 1. The predicted octanol–water partition coefficient (Wildman–Crippen LogP) is 6.34. The number of nitrogens with one attached hydrogen (secondary N) is 1. The number of carbonyl (C=O) groups is 1. The second kappa shape index (κ2) is 9.37. The number of fused-ring (bicyclic) bond motifs is 1. The van der Waals surface area contributed by atoms with Crippen molar-refractivity contribution in [2.24, 2.45) is 4.99 Å². The molecule has 1 aliphatic carbocycles. The molecular weight excluding hydrogens is 445 g/mol. The Morgan fingerprint density at radius 2 is 1.91 bits per heavy atom. The minimum absolute atomic E-state index is 0.0138. The van der Waals surface area contributed by atoms with E-state index < -0.39 is 6.36 Å². The molecule has 0 radical (unpaired) electrons. The van der Waals surface area contributed by atoms with Crippen molar-refractivity contribution in [3.63, 3.8) is 0 Å². The number of aromatic nitrogens is 1. The second-order valence-electron chi connectivity index (χ2n) is 8.46. The Morgan fingerprint density at radius 1 is 1.18 bits per heavy atom. The summed E-state index contributed by atoms with van der Waals surface area (Å²) in [6, 6.07) is 14.0. The van der Waals surface area contributed by atoms with Crippen molar-refractivity contribution in [1.82, 2.24) is 4.98 Å². The molecule has 34 heavy (non-hydrogen) atoms. The van der Waals surface area contributed by atoms with Crippen LogP contribution < -0.4 is 4.74 Å². The van der Waals surface area contributed by atoms with Gasteiger partial charge in [0.05, 0.1) is 5.57 Å². The van der Waals surface area contributed by atoms with Crippen molar-refractivity contribution in [3.05, 3.63) is 76.7 Å². The standard InChI is InChI=1S/C26H25F3N2O3/c1-15-20(21-14-19(34-26(27,28)29)8-9-22(21)31-15)10-11-30-23-12-18(17-6-4-3-5-7-17)13-24(33)25(23)16(2)32/h3-9,14,18,31,33H,10-13H2,1-2H3/t18-/m0/s1. The lowest BCUT2D eigenvalue weighted by Crippen LogP contribution is -2.23. The van der Waals surface area contributed by atoms with Crippen LogP contribution in [0.4, 0.5) is 13.2 Å². The van der Waals surface area contributed by atoms with Crippen LogP contribution in [-0.4, -0.2) is 34.5 Å². The molecular formula is C26H25F3N2O3. The lowest BCUT2D eigenvalue weighted by Gasteiger charge is -2.25. The van der Waals surface area contributed by atoms with Gasteiger partial charge >= 0.3 is 6.36 Å². The molecule has 0 unspecified atom stereocenters. The lowest BCUT2D eigenvalue weighted by molar-refractivity contribution is -0.274. The van der Waals surface area contributed by atoms with Gasteiger partial charge in [-0.15, -0.1) is 13.2 Å². The number of aliphatic hydroxyl groups is 1. The molecule has 0 saturated heterocycles. The Balaban J connectivity index is 1.59. The molecule has 2 aromatic carbocycles. The molecule has 2 N–H and O–H groups in total. The largest absolute Gasteiger partial charge is 0.573 e. The smallest absolute Gasteiger partial charge is 0.511 e. The van der Waals surface area contributed by atoms with Gasteiger partial charge in [-0.1, -0.05) is 30.3 Å². The monoisotopic (exact) mass is 470 g/mol. The zero-order chi connectivity index (χ0) is 24.5. The van der Waals surface area contributed by atoms with Gasteiger partial charge in [0.1, 0.15) is 11.5 Å². The number of H-pyrrole nitrogens is 1. The maximum atomic E-state index is 12.6. The van der Waals surface area contributed by atoms with E-state index in [1.807, 2.05) is 37.3 Å². The van der Waals surface area contributed by atoms with Crippen LogP contribution in [0.1, 0.15) is 42.5 Å². The fourth-order valence-electron chi connectivity index (χ4n) is 4.60. The van der Waals surface area contributed by atoms with Crippen molar-refractivity contribution in [2.75, 3.05) is 6.54 Å². The Bertz CT molecular complexity index is 1270. The normalized spacial score (nSPS) is 18.0. The van der Waals surface area contributed by atoms with Gasteiger partial charge in [0, 0.05) is 35.3 Å². The molecule has 0 saturated carbocycles. The summed E-state index contributed by atoms with van der Waals surface area (Å²) in [5, 5.41) is 11.2. The summed E-state index contributed by atoms with van der Waals surface area (Å²) in [7, 11) is 0. The van der Waals surface area contributed by atoms with E-state index in [1.165, 1.54) is 19.1 Å². The van der Waals surface area contributed by atoms with Crippen molar-refractivity contribution in [1.29, 1.82) is 0 Å². The number of nitrogens with zero attached hydrogens (tertiary/aromatic N) is 1. The van der Waals surface area contributed by atoms with Crippen molar-refractivity contribution >= 4 is 22.4 Å². The van der Waals surface area contributed by atoms with Crippen LogP contribution in [0.15, 0.2) is 64.9 Å². The first kappa shape index (κ1) is 23.6. The number of rotatable bonds is 6. The van der Waals surface area contributed by atoms with E-state index in [1.54, 1.807) is 6.07 Å². The average Bonchev–Trinajstić information content (AvgIpc) is 3.07. The molecule has 4 rings (SSSR count). The summed E-state index contributed by atoms with van der Waals surface area (Å²) in [4.78, 5) is 20.1. The molecule has 3 aromatic rings. The summed E-state index contributed by atoms with van der Waals surface area (Å²) in [5.41, 5.74) is 4.26. The van der Waals surface area contributed by atoms with Crippen LogP contribution in [0.5, 0.6) is 5.75 Å². The summed E-state index contributed by atoms with van der Waals surface area (Å²) in [6.07, 6.45) is -3.41. The zero-order valence-corrected chi connectivity index (χ0v) is 18.9. The third kappa shape index (κ3) is 5.16. The van der Waals surface area contributed by atoms with Gasteiger partial charge in [0.15, 0.2) is 5.78 Å². The molecule has 1 atom stereocenters. The van der Waals surface area contributed by atoms with Crippen LogP contribution in [-0.2, 0) is 11.2 Å². The molecule has 0 fully saturated rings. The first-order valence-corrected chi connectivity index (χ1v) is 11.0. The lowest BCUT2D eigenvalue weighted by atomic mass is 9.81. The topological polar surface area (TPSA) is 74.7 Å². The van der Waals surface area contributed by atoms with E-state index in [2.05, 4.69) is 14.7 Å². The molecule has 8 heteroatoms. The van der Waals surface area contributed by atoms with Crippen molar-refractivity contribution in [2.45, 2.75) is 45.4 Å². The number of hydrogen-bond acceptors (Lipinski definition) is 4. The van der Waals surface area contributed by atoms with Gasteiger partial charge in [-0.05, 0) is 61.9 Å². The van der Waals surface area contributed by atoms with E-state index in [4.69, 9.17) is 0 Å². The third-order valence-electron chi connectivity index (χ3n) is 6.07. The molecule has 0 aliphatic heterocycles. The fourth-order valence-corrected chi connectivity index (χ4v) is 4.60. The molecule has 1 aromatic heterocycles. The quantitative estimate of drug-likeness (QED) is 0.442. The number of carbonyl (C=O) groups excluding carboxylic acids is 1. The summed E-state index contributed by atoms with van der Waals surface area (Å²) in [6.45, 7) is 3.58. The number of aromatic amines is 1. The number of aliphatic imine (C=N–C) groups is 1. The van der Waals surface area contributed by atoms with E-state index in [9.17, 15) is 23.1 Å². The highest BCUT2D eigenvalue weighted by molar-refractivity contribution is 6.22. The maximum absolute atomic E-state index is 12.6. The number of Topliss-reactive ketones (excluding diaryl/α,β-unsaturated/α-hetero) is 1. The van der Waals surface area contributed by atoms with Gasteiger partial charge in [-0.3, -0.25) is 9.79 Å². The first-order chi connectivity index (χ1) is 16.1. The van der Waals surface area contributed by atoms with Crippen LogP contribution in [0, 0.1) is 6.92 Å². The number of halogens is 3. The minimum Gasteiger partial charge on any atom is -0.511 e. The number of aliphatic hydroxyl groups excluding tert-OH is 1. The number of hydrogen-bond donors (Lipinski definition) is 2. The number of benzene rings is 2. The van der Waals surface area contributed by atoms with Gasteiger partial charge < -0.3 is 14.8 Å². The molecule has 1 aliphatic rings. The van der Waals surface area contributed by atoms with Crippen LogP contribution in [0.25, 0.3) is 10.9 Å². The SMILES string of the molecule is CC(=O)C1=C(O)C[C@@H](c2ccccc2)CC1=NCCc1c(C)[nH]c2ccc(OC(F)(F)F)cc12. The van der Waals surface area contributed by atoms with Crippen molar-refractivity contribution in [3.8, 4) is 5.75 Å². The van der Waals surface area contributed by atoms with Gasteiger partial charge in [0.25, 0.3) is 0 Å². The van der Waals surface area contributed by atoms with E-state index in [-0.39, 0.29) is 28.8 Å². The van der Waals surface area contributed by atoms with Crippen LogP contribution in [0.3, 0.4) is 0 Å². The predicted molar refractivity (Wildman–Crippen MR) is 124 cm³/mol. The Morgan fingerprint density at radius 3 is 2.59 bits per heavy atom. The first-order valence-electron chi connectivity index (χ1n) is 11.0. The Hall–Kier alpha value is -3.55. The Labute approximate surface area is 195 Å². The Kier molecular flexibility index (Phi) is 6.50. The van der Waals surface area contributed by atoms with Crippen LogP contribution in [0.2, 0.25) is 0 Å². The molecule has 1 heterocycles. The molecule has 0 amide bonds. The number of ether oxygens (including phenoxy) is 1. The van der Waals surface area contributed by atoms with Crippen molar-refractivity contribution < 1.29 is 27.8 Å². The highest BCUT2D eigenvalue weighted by Crippen LogP contribution is 2.35. The highest BCUT2D eigenvalue weighted by atomic mass is 19.4. The zero-order valence-electron chi connectivity index (χ0n) is 18.9. The highest BCUT2D eigenvalue weighted by Gasteiger charge is 2.31.